The maximum Gasteiger partial charge on any atom is 0.341 e. The van der Waals surface area contributed by atoms with E-state index in [1.807, 2.05) is 13.0 Å². The van der Waals surface area contributed by atoms with Crippen LogP contribution in [0.4, 0.5) is 5.00 Å². The first kappa shape index (κ1) is 20.1. The van der Waals surface area contributed by atoms with Gasteiger partial charge in [0, 0.05) is 4.88 Å². The highest BCUT2D eigenvalue weighted by Crippen LogP contribution is 2.43. The van der Waals surface area contributed by atoms with Gasteiger partial charge in [-0.3, -0.25) is 4.79 Å². The van der Waals surface area contributed by atoms with Crippen LogP contribution in [0.3, 0.4) is 0 Å². The summed E-state index contributed by atoms with van der Waals surface area (Å²) < 4.78 is 5.28. The van der Waals surface area contributed by atoms with Crippen LogP contribution in [-0.2, 0) is 22.4 Å². The van der Waals surface area contributed by atoms with Gasteiger partial charge < -0.3 is 10.1 Å². The number of nitrogens with one attached hydrogen (secondary N) is 1. The molecule has 1 aliphatic carbocycles. The van der Waals surface area contributed by atoms with Crippen molar-refractivity contribution in [1.82, 2.24) is 0 Å². The largest absolute Gasteiger partial charge is 0.462 e. The molecule has 1 aromatic heterocycles. The first-order valence-corrected chi connectivity index (χ1v) is 11.1. The number of carbonyl (C=O) groups excluding carboxylic acids is 2. The summed E-state index contributed by atoms with van der Waals surface area (Å²) in [6.45, 7) is 4.06. The summed E-state index contributed by atoms with van der Waals surface area (Å²) in [6, 6.07) is 10.5. The van der Waals surface area contributed by atoms with Gasteiger partial charge in [-0.15, -0.1) is 11.3 Å². The molecule has 3 rings (SSSR count). The Morgan fingerprint density at radius 3 is 2.70 bits per heavy atom. The Morgan fingerprint density at radius 1 is 1.30 bits per heavy atom. The number of esters is 1. The van der Waals surface area contributed by atoms with Crippen molar-refractivity contribution < 1.29 is 14.3 Å². The lowest BCUT2D eigenvalue weighted by molar-refractivity contribution is -0.115. The minimum Gasteiger partial charge on any atom is -0.462 e. The van der Waals surface area contributed by atoms with Crippen LogP contribution in [0.1, 0.15) is 59.0 Å². The fourth-order valence-electron chi connectivity index (χ4n) is 3.48. The van der Waals surface area contributed by atoms with E-state index in [2.05, 4.69) is 45.5 Å². The number of thiophene rings is 1. The number of ether oxygens (including phenoxy) is 1. The summed E-state index contributed by atoms with van der Waals surface area (Å²) in [5.41, 5.74) is 2.92. The second-order valence-corrected chi connectivity index (χ2v) is 8.85. The second kappa shape index (κ2) is 9.02. The monoisotopic (exact) mass is 449 g/mol. The second-order valence-electron chi connectivity index (χ2n) is 6.64. The molecule has 1 heterocycles. The molecule has 2 aromatic rings. The third-order valence-electron chi connectivity index (χ3n) is 4.90. The molecular weight excluding hydrogens is 426 g/mol. The van der Waals surface area contributed by atoms with Crippen molar-refractivity contribution in [2.75, 3.05) is 11.9 Å². The van der Waals surface area contributed by atoms with Gasteiger partial charge in [0.25, 0.3) is 0 Å². The zero-order valence-corrected chi connectivity index (χ0v) is 18.0. The Balaban J connectivity index is 1.92. The lowest BCUT2D eigenvalue weighted by atomic mass is 9.83. The molecule has 1 amide bonds. The van der Waals surface area contributed by atoms with Gasteiger partial charge >= 0.3 is 5.97 Å². The van der Waals surface area contributed by atoms with E-state index in [9.17, 15) is 9.59 Å². The van der Waals surface area contributed by atoms with Gasteiger partial charge in [0.2, 0.25) is 5.91 Å². The summed E-state index contributed by atoms with van der Waals surface area (Å²) in [5, 5.41) is 3.56. The zero-order chi connectivity index (χ0) is 19.4. The van der Waals surface area contributed by atoms with Crippen LogP contribution in [0.25, 0.3) is 0 Å². The molecule has 1 aromatic carbocycles. The number of amides is 1. The van der Waals surface area contributed by atoms with E-state index in [0.29, 0.717) is 29.5 Å². The van der Waals surface area contributed by atoms with Crippen molar-refractivity contribution in [3.05, 3.63) is 51.9 Å². The van der Waals surface area contributed by atoms with Crippen LogP contribution in [0.15, 0.2) is 30.3 Å². The van der Waals surface area contributed by atoms with E-state index in [4.69, 9.17) is 4.74 Å². The van der Waals surface area contributed by atoms with E-state index >= 15 is 0 Å². The maximum atomic E-state index is 12.6. The molecule has 0 bridgehead atoms. The summed E-state index contributed by atoms with van der Waals surface area (Å²) >= 11 is 4.90. The molecule has 0 spiro atoms. The van der Waals surface area contributed by atoms with Crippen LogP contribution in [0.5, 0.6) is 0 Å². The van der Waals surface area contributed by atoms with Crippen molar-refractivity contribution in [1.29, 1.82) is 0 Å². The van der Waals surface area contributed by atoms with Crippen molar-refractivity contribution in [3.63, 3.8) is 0 Å². The minimum absolute atomic E-state index is 0.124. The van der Waals surface area contributed by atoms with Gasteiger partial charge in [0.05, 0.1) is 17.0 Å². The molecule has 0 saturated heterocycles. The van der Waals surface area contributed by atoms with Gasteiger partial charge in [-0.25, -0.2) is 4.79 Å². The summed E-state index contributed by atoms with van der Waals surface area (Å²) in [7, 11) is 0. The Hall–Kier alpha value is -1.66. The molecule has 0 radical (unpaired) electrons. The highest BCUT2D eigenvalue weighted by Gasteiger charge is 2.31. The summed E-state index contributed by atoms with van der Waals surface area (Å²) in [4.78, 5) is 25.9. The van der Waals surface area contributed by atoms with E-state index in [1.54, 1.807) is 6.92 Å². The first-order chi connectivity index (χ1) is 13.0. The molecular formula is C21H24BrNO3S. The Morgan fingerprint density at radius 2 is 2.04 bits per heavy atom. The van der Waals surface area contributed by atoms with Gasteiger partial charge in [-0.05, 0) is 49.7 Å². The fraction of sp³-hybridized carbons (Fsp3) is 0.429. The Kier molecular flexibility index (Phi) is 6.71. The molecule has 4 nitrogen and oxygen atoms in total. The number of anilines is 1. The minimum atomic E-state index is -0.342. The first-order valence-electron chi connectivity index (χ1n) is 9.36. The molecule has 2 atom stereocenters. The fourth-order valence-corrected chi connectivity index (χ4v) is 4.91. The number of alkyl halides is 1. The Labute approximate surface area is 172 Å². The topological polar surface area (TPSA) is 55.4 Å². The molecule has 27 heavy (non-hydrogen) atoms. The molecule has 0 aliphatic heterocycles. The molecule has 6 heteroatoms. The lowest BCUT2D eigenvalue weighted by Gasteiger charge is -2.23. The number of halogens is 1. The zero-order valence-electron chi connectivity index (χ0n) is 15.6. The van der Waals surface area contributed by atoms with Gasteiger partial charge in [0.1, 0.15) is 5.00 Å². The predicted molar refractivity (Wildman–Crippen MR) is 113 cm³/mol. The third-order valence-corrected chi connectivity index (χ3v) is 7.13. The molecule has 0 fully saturated rings. The SMILES string of the molecule is CCOC(=O)c1c(NC(=O)[C@H](Br)CC)sc2c1CC[C@H](c1ccccc1)C2. The molecule has 1 N–H and O–H groups in total. The van der Waals surface area contributed by atoms with E-state index in [0.717, 1.165) is 24.8 Å². The lowest BCUT2D eigenvalue weighted by Crippen LogP contribution is -2.23. The van der Waals surface area contributed by atoms with Crippen molar-refractivity contribution >= 4 is 44.1 Å². The van der Waals surface area contributed by atoms with Crippen LogP contribution in [0.2, 0.25) is 0 Å². The van der Waals surface area contributed by atoms with Gasteiger partial charge in [-0.2, -0.15) is 0 Å². The average Bonchev–Trinajstić information content (AvgIpc) is 3.05. The number of benzene rings is 1. The Bertz CT molecular complexity index is 818. The molecule has 144 valence electrons. The number of hydrogen-bond acceptors (Lipinski definition) is 4. The van der Waals surface area contributed by atoms with Crippen LogP contribution in [0, 0.1) is 0 Å². The van der Waals surface area contributed by atoms with Crippen molar-refractivity contribution in [3.8, 4) is 0 Å². The van der Waals surface area contributed by atoms with Crippen molar-refractivity contribution in [2.24, 2.45) is 0 Å². The van der Waals surface area contributed by atoms with Crippen molar-refractivity contribution in [2.45, 2.75) is 50.3 Å². The van der Waals surface area contributed by atoms with Crippen LogP contribution in [-0.4, -0.2) is 23.3 Å². The maximum absolute atomic E-state index is 12.6. The number of rotatable bonds is 6. The number of carbonyl (C=O) groups is 2. The molecule has 1 aliphatic rings. The van der Waals surface area contributed by atoms with E-state index in [-0.39, 0.29) is 16.7 Å². The smallest absolute Gasteiger partial charge is 0.341 e. The van der Waals surface area contributed by atoms with Crippen LogP contribution >= 0.6 is 27.3 Å². The summed E-state index contributed by atoms with van der Waals surface area (Å²) in [6.07, 6.45) is 3.38. The predicted octanol–water partition coefficient (Wildman–Crippen LogP) is 5.31. The average molecular weight is 450 g/mol. The molecule has 0 saturated carbocycles. The third kappa shape index (κ3) is 4.43. The summed E-state index contributed by atoms with van der Waals surface area (Å²) in [5.74, 6) is -0.0251. The highest BCUT2D eigenvalue weighted by molar-refractivity contribution is 9.10. The quantitative estimate of drug-likeness (QED) is 0.480. The van der Waals surface area contributed by atoms with E-state index < -0.39 is 0 Å². The highest BCUT2D eigenvalue weighted by atomic mass is 79.9. The van der Waals surface area contributed by atoms with E-state index in [1.165, 1.54) is 21.8 Å². The number of fused-ring (bicyclic) bond motifs is 1. The number of hydrogen-bond donors (Lipinski definition) is 1. The van der Waals surface area contributed by atoms with Gasteiger partial charge in [0.15, 0.2) is 0 Å². The van der Waals surface area contributed by atoms with Crippen LogP contribution < -0.4 is 5.32 Å². The standard InChI is InChI=1S/C21H24BrNO3S/c1-3-16(22)19(24)23-20-18(21(25)26-4-2)15-11-10-14(12-17(15)27-20)13-8-6-5-7-9-13/h5-9,14,16H,3-4,10-12H2,1-2H3,(H,23,24)/t14-,16+/m0/s1. The normalized spacial score (nSPS) is 17.1. The molecule has 0 unspecified atom stereocenters. The van der Waals surface area contributed by atoms with Gasteiger partial charge in [-0.1, -0.05) is 53.2 Å².